The third-order valence-corrected chi connectivity index (χ3v) is 3.08. The molecule has 114 valence electrons. The monoisotopic (exact) mass is 310 g/mol. The Morgan fingerprint density at radius 1 is 1.04 bits per heavy atom. The molecule has 0 aliphatic carbocycles. The second kappa shape index (κ2) is 6.18. The zero-order valence-corrected chi connectivity index (χ0v) is 11.8. The lowest BCUT2D eigenvalue weighted by atomic mass is 10.3. The summed E-state index contributed by atoms with van der Waals surface area (Å²) in [5, 5.41) is 2.43. The van der Waals surface area contributed by atoms with E-state index in [1.54, 1.807) is 12.1 Å². The summed E-state index contributed by atoms with van der Waals surface area (Å²) in [5.41, 5.74) is 0.112. The van der Waals surface area contributed by atoms with Crippen molar-refractivity contribution in [3.05, 3.63) is 82.9 Å². The van der Waals surface area contributed by atoms with Crippen LogP contribution in [0.4, 0.5) is 10.2 Å². The zero-order chi connectivity index (χ0) is 16.2. The van der Waals surface area contributed by atoms with Gasteiger partial charge in [0.2, 0.25) is 0 Å². The first-order valence-electron chi connectivity index (χ1n) is 6.71. The van der Waals surface area contributed by atoms with Gasteiger partial charge in [-0.2, -0.15) is 0 Å². The zero-order valence-electron chi connectivity index (χ0n) is 11.8. The predicted molar refractivity (Wildman–Crippen MR) is 82.0 cm³/mol. The Morgan fingerprint density at radius 3 is 2.52 bits per heavy atom. The van der Waals surface area contributed by atoms with Crippen molar-refractivity contribution in [1.29, 1.82) is 0 Å². The maximum atomic E-state index is 13.0. The van der Waals surface area contributed by atoms with E-state index in [0.29, 0.717) is 5.69 Å². The quantitative estimate of drug-likeness (QED) is 0.803. The topological polar surface area (TPSA) is 76.9 Å². The van der Waals surface area contributed by atoms with Crippen LogP contribution in [-0.4, -0.2) is 20.4 Å². The fourth-order valence-electron chi connectivity index (χ4n) is 1.97. The Bertz CT molecular complexity index is 892. The molecule has 0 bridgehead atoms. The molecule has 3 rings (SSSR count). The number of anilines is 1. The molecule has 0 unspecified atom stereocenters. The van der Waals surface area contributed by atoms with Crippen molar-refractivity contribution in [1.82, 2.24) is 14.5 Å². The Balaban J connectivity index is 1.93. The number of aromatic nitrogens is 3. The van der Waals surface area contributed by atoms with Crippen molar-refractivity contribution < 1.29 is 9.18 Å². The molecule has 0 aliphatic heterocycles. The van der Waals surface area contributed by atoms with E-state index in [1.807, 2.05) is 0 Å². The van der Waals surface area contributed by atoms with Crippen LogP contribution in [0.1, 0.15) is 10.5 Å². The highest BCUT2D eigenvalue weighted by Gasteiger charge is 2.12. The molecule has 2 aromatic heterocycles. The van der Waals surface area contributed by atoms with Gasteiger partial charge in [0, 0.05) is 24.3 Å². The number of nitrogens with zero attached hydrogens (tertiary/aromatic N) is 3. The fourth-order valence-corrected chi connectivity index (χ4v) is 1.97. The van der Waals surface area contributed by atoms with Gasteiger partial charge < -0.3 is 5.32 Å². The van der Waals surface area contributed by atoms with E-state index in [-0.39, 0.29) is 11.5 Å². The Labute approximate surface area is 130 Å². The molecule has 0 fully saturated rings. The number of rotatable bonds is 3. The maximum Gasteiger partial charge on any atom is 0.298 e. The van der Waals surface area contributed by atoms with Crippen LogP contribution in [0.3, 0.4) is 0 Å². The second-order valence-corrected chi connectivity index (χ2v) is 4.60. The summed E-state index contributed by atoms with van der Waals surface area (Å²) in [5.74, 6) is -1.07. The molecule has 7 heteroatoms. The molecular formula is C16H11FN4O2. The van der Waals surface area contributed by atoms with Gasteiger partial charge in [0.25, 0.3) is 11.5 Å². The average molecular weight is 310 g/mol. The Kier molecular flexibility index (Phi) is 3.92. The highest BCUT2D eigenvalue weighted by atomic mass is 19.1. The number of nitrogens with one attached hydrogen (secondary N) is 1. The first kappa shape index (κ1) is 14.6. The summed E-state index contributed by atoms with van der Waals surface area (Å²) >= 11 is 0. The molecule has 2 heterocycles. The molecule has 1 N–H and O–H groups in total. The van der Waals surface area contributed by atoms with Crippen LogP contribution < -0.4 is 10.9 Å². The highest BCUT2D eigenvalue weighted by molar-refractivity contribution is 6.02. The smallest absolute Gasteiger partial charge is 0.298 e. The summed E-state index contributed by atoms with van der Waals surface area (Å²) in [4.78, 5) is 32.2. The lowest BCUT2D eigenvalue weighted by Gasteiger charge is -2.08. The third-order valence-electron chi connectivity index (χ3n) is 3.08. The van der Waals surface area contributed by atoms with Crippen LogP contribution in [0.5, 0.6) is 0 Å². The highest BCUT2D eigenvalue weighted by Crippen LogP contribution is 2.08. The van der Waals surface area contributed by atoms with Crippen molar-refractivity contribution in [2.24, 2.45) is 0 Å². The normalized spacial score (nSPS) is 10.3. The van der Waals surface area contributed by atoms with Crippen LogP contribution in [-0.2, 0) is 0 Å². The third kappa shape index (κ3) is 3.13. The maximum absolute atomic E-state index is 13.0. The molecule has 0 radical (unpaired) electrons. The molecule has 0 saturated carbocycles. The van der Waals surface area contributed by atoms with Gasteiger partial charge in [-0.25, -0.2) is 9.37 Å². The molecule has 0 atom stereocenters. The summed E-state index contributed by atoms with van der Waals surface area (Å²) in [6, 6.07) is 10.3. The molecule has 23 heavy (non-hydrogen) atoms. The number of carbonyl (C=O) groups is 1. The lowest BCUT2D eigenvalue weighted by Crippen LogP contribution is -2.26. The van der Waals surface area contributed by atoms with Gasteiger partial charge in [-0.05, 0) is 36.4 Å². The standard InChI is InChI=1S/C16H11FN4O2/c17-11-4-6-12(7-5-11)21-10-9-19-14(16(21)23)20-15(22)13-3-1-2-8-18-13/h1-10H,(H,19,20,22). The number of hydrogen-bond donors (Lipinski definition) is 1. The number of benzene rings is 1. The molecule has 3 aromatic rings. The van der Waals surface area contributed by atoms with Gasteiger partial charge in [0.1, 0.15) is 11.5 Å². The summed E-state index contributed by atoms with van der Waals surface area (Å²) in [6.07, 6.45) is 4.29. The largest absolute Gasteiger partial charge is 0.301 e. The molecule has 6 nitrogen and oxygen atoms in total. The summed E-state index contributed by atoms with van der Waals surface area (Å²) < 4.78 is 14.2. The van der Waals surface area contributed by atoms with Crippen LogP contribution >= 0.6 is 0 Å². The predicted octanol–water partition coefficient (Wildman–Crippen LogP) is 2.02. The first-order chi connectivity index (χ1) is 11.1. The van der Waals surface area contributed by atoms with E-state index in [1.165, 1.54) is 53.5 Å². The van der Waals surface area contributed by atoms with Gasteiger partial charge in [-0.3, -0.25) is 19.1 Å². The minimum Gasteiger partial charge on any atom is -0.301 e. The number of halogens is 1. The van der Waals surface area contributed by atoms with Crippen molar-refractivity contribution in [3.63, 3.8) is 0 Å². The summed E-state index contributed by atoms with van der Waals surface area (Å²) in [7, 11) is 0. The van der Waals surface area contributed by atoms with Crippen molar-refractivity contribution >= 4 is 11.7 Å². The second-order valence-electron chi connectivity index (χ2n) is 4.60. The van der Waals surface area contributed by atoms with E-state index in [0.717, 1.165) is 0 Å². The fraction of sp³-hybridized carbons (Fsp3) is 0. The van der Waals surface area contributed by atoms with Gasteiger partial charge in [0.05, 0.1) is 0 Å². The van der Waals surface area contributed by atoms with Gasteiger partial charge >= 0.3 is 0 Å². The number of amides is 1. The lowest BCUT2D eigenvalue weighted by molar-refractivity contribution is 0.102. The SMILES string of the molecule is O=C(Nc1nccn(-c2ccc(F)cc2)c1=O)c1ccccn1. The van der Waals surface area contributed by atoms with E-state index in [2.05, 4.69) is 15.3 Å². The molecular weight excluding hydrogens is 299 g/mol. The number of hydrogen-bond acceptors (Lipinski definition) is 4. The molecule has 1 amide bonds. The summed E-state index contributed by atoms with van der Waals surface area (Å²) in [6.45, 7) is 0. The van der Waals surface area contributed by atoms with Crippen molar-refractivity contribution in [2.45, 2.75) is 0 Å². The minimum absolute atomic E-state index is 0.132. The Morgan fingerprint density at radius 2 is 1.83 bits per heavy atom. The van der Waals surface area contributed by atoms with Gasteiger partial charge in [0.15, 0.2) is 5.82 Å². The van der Waals surface area contributed by atoms with Crippen molar-refractivity contribution in [2.75, 3.05) is 5.32 Å². The number of carbonyl (C=O) groups excluding carboxylic acids is 1. The Hall–Kier alpha value is -3.35. The molecule has 0 spiro atoms. The molecule has 1 aromatic carbocycles. The van der Waals surface area contributed by atoms with Crippen LogP contribution in [0.15, 0.2) is 65.8 Å². The van der Waals surface area contributed by atoms with Crippen LogP contribution in [0.25, 0.3) is 5.69 Å². The molecule has 0 aliphatic rings. The van der Waals surface area contributed by atoms with Crippen molar-refractivity contribution in [3.8, 4) is 5.69 Å². The molecule has 0 saturated heterocycles. The van der Waals surface area contributed by atoms with E-state index in [9.17, 15) is 14.0 Å². The van der Waals surface area contributed by atoms with Crippen LogP contribution in [0, 0.1) is 5.82 Å². The van der Waals surface area contributed by atoms with Gasteiger partial charge in [-0.1, -0.05) is 6.07 Å². The van der Waals surface area contributed by atoms with E-state index >= 15 is 0 Å². The average Bonchev–Trinajstić information content (AvgIpc) is 2.58. The van der Waals surface area contributed by atoms with E-state index in [4.69, 9.17) is 0 Å². The minimum atomic E-state index is -0.535. The number of pyridine rings is 1. The first-order valence-corrected chi connectivity index (χ1v) is 6.71. The van der Waals surface area contributed by atoms with Crippen LogP contribution in [0.2, 0.25) is 0 Å². The van der Waals surface area contributed by atoms with Gasteiger partial charge in [-0.15, -0.1) is 0 Å². The van der Waals surface area contributed by atoms with E-state index < -0.39 is 17.3 Å².